The van der Waals surface area contributed by atoms with Gasteiger partial charge in [-0.3, -0.25) is 0 Å². The van der Waals surface area contributed by atoms with Gasteiger partial charge in [0, 0.05) is 5.69 Å². The van der Waals surface area contributed by atoms with Gasteiger partial charge in [0.15, 0.2) is 0 Å². The average Bonchev–Trinajstić information content (AvgIpc) is 2.54. The van der Waals surface area contributed by atoms with Crippen molar-refractivity contribution in [2.45, 2.75) is 19.8 Å². The lowest BCUT2D eigenvalue weighted by molar-refractivity contribution is 0.625. The van der Waals surface area contributed by atoms with E-state index in [2.05, 4.69) is 25.9 Å². The molecule has 0 aliphatic rings. The molecule has 2 aromatic rings. The number of hydrogen-bond donors (Lipinski definition) is 1. The third-order valence-electron chi connectivity index (χ3n) is 2.40. The van der Waals surface area contributed by atoms with E-state index in [0.717, 1.165) is 34.5 Å². The maximum atomic E-state index is 12.9. The molecule has 1 aromatic heterocycles. The zero-order valence-electron chi connectivity index (χ0n) is 8.93. The fraction of sp³-hybridized carbons (Fsp3) is 0.250. The van der Waals surface area contributed by atoms with Crippen molar-refractivity contribution in [2.24, 2.45) is 0 Å². The molecule has 84 valence electrons. The quantitative estimate of drug-likeness (QED) is 0.918. The summed E-state index contributed by atoms with van der Waals surface area (Å²) in [6.45, 7) is 1.91. The number of nitrogens with one attached hydrogen (secondary N) is 1. The van der Waals surface area contributed by atoms with Crippen LogP contribution in [0, 0.1) is 12.7 Å². The minimum absolute atomic E-state index is 0.183. The summed E-state index contributed by atoms with van der Waals surface area (Å²) in [6.07, 6.45) is 1.63. The van der Waals surface area contributed by atoms with Crippen molar-refractivity contribution in [3.63, 3.8) is 0 Å². The van der Waals surface area contributed by atoms with Crippen molar-refractivity contribution >= 4 is 15.9 Å². The topological polar surface area (TPSA) is 28.7 Å². The summed E-state index contributed by atoms with van der Waals surface area (Å²) in [6, 6.07) is 6.69. The number of nitrogens with zero attached hydrogens (tertiary/aromatic N) is 1. The lowest BCUT2D eigenvalue weighted by Gasteiger charge is -2.00. The van der Waals surface area contributed by atoms with E-state index in [9.17, 15) is 4.39 Å². The first-order valence-electron chi connectivity index (χ1n) is 5.10. The predicted octanol–water partition coefficient (Wildman–Crippen LogP) is 3.40. The first-order valence-corrected chi connectivity index (χ1v) is 5.90. The lowest BCUT2D eigenvalue weighted by Crippen LogP contribution is -1.93. The van der Waals surface area contributed by atoms with Gasteiger partial charge in [-0.2, -0.15) is 0 Å². The molecule has 2 rings (SSSR count). The maximum Gasteiger partial charge on any atom is 0.127 e. The van der Waals surface area contributed by atoms with Crippen LogP contribution in [0.3, 0.4) is 0 Å². The highest BCUT2D eigenvalue weighted by atomic mass is 79.9. The smallest absolute Gasteiger partial charge is 0.127 e. The van der Waals surface area contributed by atoms with Crippen LogP contribution in [0.5, 0.6) is 0 Å². The molecular weight excluding hydrogens is 271 g/mol. The largest absolute Gasteiger partial charge is 0.345 e. The van der Waals surface area contributed by atoms with Gasteiger partial charge in [0.05, 0.1) is 0 Å². The van der Waals surface area contributed by atoms with Gasteiger partial charge in [0.2, 0.25) is 0 Å². The van der Waals surface area contributed by atoms with Gasteiger partial charge in [-0.15, -0.1) is 0 Å². The summed E-state index contributed by atoms with van der Waals surface area (Å²) in [7, 11) is 0. The standard InChI is InChI=1S/C12H12BrFN2/c1-8-15-11(12(13)16-8)6-5-9-3-2-4-10(14)7-9/h2-4,7H,5-6H2,1H3,(H,15,16). The van der Waals surface area contributed by atoms with Crippen LogP contribution in [0.2, 0.25) is 0 Å². The number of hydrogen-bond acceptors (Lipinski definition) is 1. The molecule has 0 bridgehead atoms. The number of aromatic amines is 1. The second-order valence-electron chi connectivity index (χ2n) is 3.72. The van der Waals surface area contributed by atoms with Crippen molar-refractivity contribution in [2.75, 3.05) is 0 Å². The minimum Gasteiger partial charge on any atom is -0.345 e. The summed E-state index contributed by atoms with van der Waals surface area (Å²) >= 11 is 3.39. The highest BCUT2D eigenvalue weighted by Gasteiger charge is 2.05. The van der Waals surface area contributed by atoms with Crippen molar-refractivity contribution in [3.05, 3.63) is 51.8 Å². The van der Waals surface area contributed by atoms with E-state index in [1.807, 2.05) is 13.0 Å². The Balaban J connectivity index is 2.05. The fourth-order valence-corrected chi connectivity index (χ4v) is 2.20. The summed E-state index contributed by atoms with van der Waals surface area (Å²) in [5.41, 5.74) is 2.06. The molecule has 4 heteroatoms. The van der Waals surface area contributed by atoms with Crippen molar-refractivity contribution < 1.29 is 4.39 Å². The molecule has 0 aliphatic carbocycles. The molecule has 0 unspecified atom stereocenters. The number of imidazole rings is 1. The Labute approximate surface area is 102 Å². The zero-order chi connectivity index (χ0) is 11.5. The highest BCUT2D eigenvalue weighted by molar-refractivity contribution is 9.10. The summed E-state index contributed by atoms with van der Waals surface area (Å²) in [5.74, 6) is 0.707. The van der Waals surface area contributed by atoms with Crippen LogP contribution in [-0.2, 0) is 12.8 Å². The monoisotopic (exact) mass is 282 g/mol. The Morgan fingerprint density at radius 2 is 2.19 bits per heavy atom. The van der Waals surface area contributed by atoms with Gasteiger partial charge >= 0.3 is 0 Å². The van der Waals surface area contributed by atoms with E-state index in [0.29, 0.717) is 0 Å². The highest BCUT2D eigenvalue weighted by Crippen LogP contribution is 2.16. The number of aryl methyl sites for hydroxylation is 3. The molecule has 1 heterocycles. The molecule has 0 atom stereocenters. The van der Waals surface area contributed by atoms with Crippen LogP contribution in [-0.4, -0.2) is 9.97 Å². The van der Waals surface area contributed by atoms with Crippen molar-refractivity contribution in [3.8, 4) is 0 Å². The number of H-pyrrole nitrogens is 1. The van der Waals surface area contributed by atoms with Crippen LogP contribution < -0.4 is 0 Å². The van der Waals surface area contributed by atoms with E-state index in [1.54, 1.807) is 12.1 Å². The SMILES string of the molecule is Cc1nc(Br)c(CCc2cccc(F)c2)[nH]1. The summed E-state index contributed by atoms with van der Waals surface area (Å²) in [4.78, 5) is 7.41. The van der Waals surface area contributed by atoms with Gasteiger partial charge in [0.25, 0.3) is 0 Å². The number of aromatic nitrogens is 2. The molecule has 0 saturated heterocycles. The molecule has 0 radical (unpaired) electrons. The minimum atomic E-state index is -0.183. The van der Waals surface area contributed by atoms with Crippen LogP contribution in [0.1, 0.15) is 17.1 Å². The maximum absolute atomic E-state index is 12.9. The number of halogens is 2. The summed E-state index contributed by atoms with van der Waals surface area (Å²) in [5, 5.41) is 0. The number of rotatable bonds is 3. The Kier molecular flexibility index (Phi) is 3.39. The number of benzene rings is 1. The third-order valence-corrected chi connectivity index (χ3v) is 3.06. The molecule has 0 fully saturated rings. The Bertz CT molecular complexity index is 494. The predicted molar refractivity (Wildman–Crippen MR) is 64.8 cm³/mol. The lowest BCUT2D eigenvalue weighted by atomic mass is 10.1. The first kappa shape index (κ1) is 11.3. The van der Waals surface area contributed by atoms with Gasteiger partial charge < -0.3 is 4.98 Å². The molecule has 1 N–H and O–H groups in total. The summed E-state index contributed by atoms with van der Waals surface area (Å²) < 4.78 is 13.8. The van der Waals surface area contributed by atoms with Gasteiger partial charge in [-0.05, 0) is 53.4 Å². The van der Waals surface area contributed by atoms with E-state index >= 15 is 0 Å². The molecule has 16 heavy (non-hydrogen) atoms. The molecule has 0 amide bonds. The second-order valence-corrected chi connectivity index (χ2v) is 4.47. The zero-order valence-corrected chi connectivity index (χ0v) is 10.5. The first-order chi connectivity index (χ1) is 7.65. The van der Waals surface area contributed by atoms with E-state index in [1.165, 1.54) is 6.07 Å². The second kappa shape index (κ2) is 4.78. The fourth-order valence-electron chi connectivity index (χ4n) is 1.64. The van der Waals surface area contributed by atoms with E-state index in [-0.39, 0.29) is 5.82 Å². The van der Waals surface area contributed by atoms with Crippen LogP contribution in [0.25, 0.3) is 0 Å². The molecule has 0 aliphatic heterocycles. The average molecular weight is 283 g/mol. The Morgan fingerprint density at radius 3 is 2.81 bits per heavy atom. The van der Waals surface area contributed by atoms with Crippen LogP contribution >= 0.6 is 15.9 Å². The molecular formula is C12H12BrFN2. The third kappa shape index (κ3) is 2.70. The van der Waals surface area contributed by atoms with E-state index < -0.39 is 0 Å². The van der Waals surface area contributed by atoms with Crippen LogP contribution in [0.4, 0.5) is 4.39 Å². The van der Waals surface area contributed by atoms with E-state index in [4.69, 9.17) is 0 Å². The van der Waals surface area contributed by atoms with Gasteiger partial charge in [0.1, 0.15) is 16.2 Å². The van der Waals surface area contributed by atoms with Crippen molar-refractivity contribution in [1.29, 1.82) is 0 Å². The Hall–Kier alpha value is -1.16. The van der Waals surface area contributed by atoms with Gasteiger partial charge in [-0.1, -0.05) is 12.1 Å². The normalized spacial score (nSPS) is 10.7. The van der Waals surface area contributed by atoms with Crippen LogP contribution in [0.15, 0.2) is 28.9 Å². The molecule has 0 saturated carbocycles. The molecule has 1 aromatic carbocycles. The molecule has 2 nitrogen and oxygen atoms in total. The molecule has 0 spiro atoms. The van der Waals surface area contributed by atoms with Crippen molar-refractivity contribution in [1.82, 2.24) is 9.97 Å². The Morgan fingerprint density at radius 1 is 1.38 bits per heavy atom. The van der Waals surface area contributed by atoms with Gasteiger partial charge in [-0.25, -0.2) is 9.37 Å².